The van der Waals surface area contributed by atoms with Crippen molar-refractivity contribution in [1.82, 2.24) is 20.4 Å². The lowest BCUT2D eigenvalue weighted by atomic mass is 9.94. The lowest BCUT2D eigenvalue weighted by Crippen LogP contribution is -2.45. The van der Waals surface area contributed by atoms with Crippen molar-refractivity contribution < 1.29 is 0 Å². The lowest BCUT2D eigenvalue weighted by molar-refractivity contribution is 0.499. The van der Waals surface area contributed by atoms with E-state index in [1.807, 2.05) is 7.05 Å². The van der Waals surface area contributed by atoms with Crippen LogP contribution in [0.2, 0.25) is 0 Å². The Morgan fingerprint density at radius 1 is 1.28 bits per heavy atom. The number of benzene rings is 1. The summed E-state index contributed by atoms with van der Waals surface area (Å²) in [6.07, 6.45) is 9.78. The van der Waals surface area contributed by atoms with Crippen molar-refractivity contribution in [3.8, 4) is 0 Å². The van der Waals surface area contributed by atoms with E-state index in [4.69, 9.17) is 5.10 Å². The summed E-state index contributed by atoms with van der Waals surface area (Å²) in [5.74, 6) is 0.856. The Morgan fingerprint density at radius 3 is 2.86 bits per heavy atom. The number of anilines is 1. The van der Waals surface area contributed by atoms with Gasteiger partial charge < -0.3 is 15.5 Å². The van der Waals surface area contributed by atoms with Gasteiger partial charge in [0.05, 0.1) is 5.69 Å². The molecule has 4 rings (SSSR count). The molecule has 29 heavy (non-hydrogen) atoms. The van der Waals surface area contributed by atoms with Crippen LogP contribution in [0.3, 0.4) is 0 Å². The van der Waals surface area contributed by atoms with Gasteiger partial charge in [-0.05, 0) is 49.9 Å². The topological polar surface area (TPSA) is 57.5 Å². The highest BCUT2D eigenvalue weighted by atomic mass is 15.3. The molecule has 1 aromatic heterocycles. The number of hydrogen-bond acceptors (Lipinski definition) is 3. The fourth-order valence-electron chi connectivity index (χ4n) is 4.03. The predicted molar refractivity (Wildman–Crippen MR) is 120 cm³/mol. The second-order valence-electron chi connectivity index (χ2n) is 8.23. The van der Waals surface area contributed by atoms with E-state index in [1.54, 1.807) is 0 Å². The predicted octanol–water partition coefficient (Wildman–Crippen LogP) is 3.06. The number of nitrogens with zero attached hydrogens (tertiary/aromatic N) is 4. The Morgan fingerprint density at radius 2 is 2.10 bits per heavy atom. The first-order chi connectivity index (χ1) is 14.1. The molecular formula is C23H32N6. The Balaban J connectivity index is 1.33. The van der Waals surface area contributed by atoms with Crippen molar-refractivity contribution in [2.45, 2.75) is 51.7 Å². The summed E-state index contributed by atoms with van der Waals surface area (Å²) in [5.41, 5.74) is 5.16. The molecule has 2 heterocycles. The van der Waals surface area contributed by atoms with Gasteiger partial charge in [-0.25, -0.2) is 0 Å². The Kier molecular flexibility index (Phi) is 5.88. The molecule has 1 atom stereocenters. The molecule has 6 nitrogen and oxygen atoms in total. The summed E-state index contributed by atoms with van der Waals surface area (Å²) in [6, 6.07) is 9.52. The Hall–Kier alpha value is -2.76. The van der Waals surface area contributed by atoms with Gasteiger partial charge in [-0.2, -0.15) is 5.10 Å². The van der Waals surface area contributed by atoms with Gasteiger partial charge in [0.1, 0.15) is 0 Å². The summed E-state index contributed by atoms with van der Waals surface area (Å²) in [6.45, 7) is 7.10. The van der Waals surface area contributed by atoms with Crippen LogP contribution < -0.4 is 15.5 Å². The summed E-state index contributed by atoms with van der Waals surface area (Å²) in [4.78, 5) is 6.80. The zero-order valence-corrected chi connectivity index (χ0v) is 17.7. The summed E-state index contributed by atoms with van der Waals surface area (Å²) < 4.78 is 2.09. The maximum Gasteiger partial charge on any atom is 0.191 e. The van der Waals surface area contributed by atoms with Crippen LogP contribution in [0, 0.1) is 0 Å². The standard InChI is InChI=1S/C23H32N6/c1-17(2)29-16-19-9-10-20(14-22(19)27-29)26-23(24-3)25-15-18-7-6-8-21(13-18)28-11-4-5-12-28/h4-8,13,16-17,20H,9-12,14-15H2,1-3H3,(H2,24,25,26). The Bertz CT molecular complexity index is 887. The average Bonchev–Trinajstić information content (AvgIpc) is 3.41. The monoisotopic (exact) mass is 392 g/mol. The van der Waals surface area contributed by atoms with Gasteiger partial charge >= 0.3 is 0 Å². The second-order valence-corrected chi connectivity index (χ2v) is 8.23. The maximum atomic E-state index is 4.78. The van der Waals surface area contributed by atoms with Gasteiger partial charge in [-0.15, -0.1) is 0 Å². The number of aliphatic imine (C=N–C) groups is 1. The van der Waals surface area contributed by atoms with E-state index in [1.165, 1.54) is 22.5 Å². The molecule has 2 aromatic rings. The summed E-state index contributed by atoms with van der Waals surface area (Å²) in [7, 11) is 1.84. The molecule has 0 saturated carbocycles. The third kappa shape index (κ3) is 4.63. The van der Waals surface area contributed by atoms with E-state index in [-0.39, 0.29) is 0 Å². The van der Waals surface area contributed by atoms with Crippen molar-refractivity contribution in [3.05, 3.63) is 59.4 Å². The quantitative estimate of drug-likeness (QED) is 0.466. The summed E-state index contributed by atoms with van der Waals surface area (Å²) >= 11 is 0. The number of aryl methyl sites for hydroxylation is 1. The number of hydrogen-bond donors (Lipinski definition) is 2. The van der Waals surface area contributed by atoms with Crippen LogP contribution in [0.25, 0.3) is 0 Å². The van der Waals surface area contributed by atoms with Crippen molar-refractivity contribution in [1.29, 1.82) is 0 Å². The van der Waals surface area contributed by atoms with Crippen molar-refractivity contribution in [3.63, 3.8) is 0 Å². The molecule has 1 aromatic carbocycles. The molecular weight excluding hydrogens is 360 g/mol. The molecule has 0 radical (unpaired) electrons. The van der Waals surface area contributed by atoms with Gasteiger partial charge in [0.25, 0.3) is 0 Å². The highest BCUT2D eigenvalue weighted by Crippen LogP contribution is 2.22. The SMILES string of the molecule is CN=C(NCc1cccc(N2CC=CC2)c1)NC1CCc2cn(C(C)C)nc2C1. The number of fused-ring (bicyclic) bond motifs is 1. The molecule has 0 spiro atoms. The molecule has 1 aliphatic heterocycles. The minimum absolute atomic E-state index is 0.367. The van der Waals surface area contributed by atoms with Crippen molar-refractivity contribution in [2.24, 2.45) is 4.99 Å². The fourth-order valence-corrected chi connectivity index (χ4v) is 4.03. The van der Waals surface area contributed by atoms with Gasteiger partial charge in [0.15, 0.2) is 5.96 Å². The second kappa shape index (κ2) is 8.72. The molecule has 0 bridgehead atoms. The molecule has 154 valence electrons. The molecule has 0 fully saturated rings. The van der Waals surface area contributed by atoms with Gasteiger partial charge in [0, 0.05) is 57.1 Å². The van der Waals surface area contributed by atoms with E-state index in [0.717, 1.165) is 44.9 Å². The smallest absolute Gasteiger partial charge is 0.191 e. The third-order valence-electron chi connectivity index (χ3n) is 5.74. The van der Waals surface area contributed by atoms with E-state index in [2.05, 4.69) is 81.7 Å². The molecule has 2 aliphatic rings. The number of aromatic nitrogens is 2. The minimum Gasteiger partial charge on any atom is -0.364 e. The maximum absolute atomic E-state index is 4.78. The van der Waals surface area contributed by atoms with Crippen molar-refractivity contribution >= 4 is 11.6 Å². The van der Waals surface area contributed by atoms with Crippen LogP contribution >= 0.6 is 0 Å². The lowest BCUT2D eigenvalue weighted by Gasteiger charge is -2.24. The first-order valence-corrected chi connectivity index (χ1v) is 10.7. The van der Waals surface area contributed by atoms with Crippen LogP contribution in [-0.4, -0.2) is 41.9 Å². The largest absolute Gasteiger partial charge is 0.364 e. The van der Waals surface area contributed by atoms with Gasteiger partial charge in [-0.1, -0.05) is 24.3 Å². The van der Waals surface area contributed by atoms with Crippen LogP contribution in [0.4, 0.5) is 5.69 Å². The van der Waals surface area contributed by atoms with Crippen molar-refractivity contribution in [2.75, 3.05) is 25.0 Å². The molecule has 6 heteroatoms. The van der Waals surface area contributed by atoms with Crippen LogP contribution in [-0.2, 0) is 19.4 Å². The third-order valence-corrected chi connectivity index (χ3v) is 5.74. The van der Waals surface area contributed by atoms with E-state index in [0.29, 0.717) is 12.1 Å². The van der Waals surface area contributed by atoms with Crippen LogP contribution in [0.1, 0.15) is 43.1 Å². The normalized spacial score (nSPS) is 19.0. The molecule has 0 saturated heterocycles. The average molecular weight is 393 g/mol. The highest BCUT2D eigenvalue weighted by Gasteiger charge is 2.23. The van der Waals surface area contributed by atoms with E-state index >= 15 is 0 Å². The minimum atomic E-state index is 0.367. The zero-order chi connectivity index (χ0) is 20.2. The number of guanidine groups is 1. The van der Waals surface area contributed by atoms with Gasteiger partial charge in [-0.3, -0.25) is 9.67 Å². The zero-order valence-electron chi connectivity index (χ0n) is 17.7. The first-order valence-electron chi connectivity index (χ1n) is 10.7. The highest BCUT2D eigenvalue weighted by molar-refractivity contribution is 5.80. The number of nitrogens with one attached hydrogen (secondary N) is 2. The van der Waals surface area contributed by atoms with E-state index < -0.39 is 0 Å². The van der Waals surface area contributed by atoms with Gasteiger partial charge in [0.2, 0.25) is 0 Å². The fraction of sp³-hybridized carbons (Fsp3) is 0.478. The molecule has 0 amide bonds. The molecule has 1 unspecified atom stereocenters. The number of rotatable bonds is 5. The Labute approximate surface area is 173 Å². The van der Waals surface area contributed by atoms with E-state index in [9.17, 15) is 0 Å². The first kappa shape index (κ1) is 19.6. The van der Waals surface area contributed by atoms with Crippen LogP contribution in [0.5, 0.6) is 0 Å². The summed E-state index contributed by atoms with van der Waals surface area (Å²) in [5, 5.41) is 11.9. The van der Waals surface area contributed by atoms with Crippen LogP contribution in [0.15, 0.2) is 47.6 Å². The molecule has 1 aliphatic carbocycles. The molecule has 2 N–H and O–H groups in total.